The van der Waals surface area contributed by atoms with Gasteiger partial charge in [-0.05, 0) is 62.7 Å². The number of rotatable bonds is 10. The van der Waals surface area contributed by atoms with E-state index in [4.69, 9.17) is 10.5 Å². The molecule has 0 bridgehead atoms. The van der Waals surface area contributed by atoms with E-state index >= 15 is 0 Å². The third-order valence-electron chi connectivity index (χ3n) is 5.61. The number of carbonyl (C=O) groups excluding carboxylic acids is 1. The Labute approximate surface area is 228 Å². The summed E-state index contributed by atoms with van der Waals surface area (Å²) in [6.07, 6.45) is 4.31. The van der Waals surface area contributed by atoms with E-state index in [1.165, 1.54) is 32.2 Å². The van der Waals surface area contributed by atoms with Gasteiger partial charge in [0.1, 0.15) is 5.75 Å². The first-order valence-electron chi connectivity index (χ1n) is 12.1. The quantitative estimate of drug-likeness (QED) is 0.234. The Morgan fingerprint density at radius 1 is 1.10 bits per heavy atom. The average Bonchev–Trinajstić information content (AvgIpc) is 2.89. The van der Waals surface area contributed by atoms with Crippen molar-refractivity contribution in [3.8, 4) is 5.75 Å². The van der Waals surface area contributed by atoms with Crippen LogP contribution in [0.3, 0.4) is 0 Å². The van der Waals surface area contributed by atoms with Gasteiger partial charge in [-0.2, -0.15) is 0 Å². The number of methoxy groups -OCH3 is 1. The number of aliphatic hydroxyl groups excluding tert-OH is 1. The van der Waals surface area contributed by atoms with Crippen molar-refractivity contribution in [2.24, 2.45) is 5.73 Å². The zero-order chi connectivity index (χ0) is 28.7. The van der Waals surface area contributed by atoms with Crippen molar-refractivity contribution >= 4 is 27.3 Å². The number of benzene rings is 2. The first-order chi connectivity index (χ1) is 18.5. The van der Waals surface area contributed by atoms with Crippen molar-refractivity contribution in [2.75, 3.05) is 17.7 Å². The molecule has 0 fully saturated rings. The minimum Gasteiger partial charge on any atom is -0.497 e. The number of ether oxygens (including phenoxy) is 1. The van der Waals surface area contributed by atoms with Crippen molar-refractivity contribution in [1.29, 1.82) is 0 Å². The molecule has 1 amide bonds. The van der Waals surface area contributed by atoms with Gasteiger partial charge in [0.05, 0.1) is 35.5 Å². The molecule has 1 unspecified atom stereocenters. The number of carbonyl (C=O) groups is 1. The van der Waals surface area contributed by atoms with Gasteiger partial charge in [0.2, 0.25) is 5.91 Å². The Morgan fingerprint density at radius 2 is 1.82 bits per heavy atom. The fourth-order valence-electron chi connectivity index (χ4n) is 3.56. The summed E-state index contributed by atoms with van der Waals surface area (Å²) in [5, 5.41) is 22.2. The summed E-state index contributed by atoms with van der Waals surface area (Å²) in [6, 6.07) is 10.2. The Kier molecular flexibility index (Phi) is 9.41. The molecule has 2 aromatic rings. The van der Waals surface area contributed by atoms with Crippen LogP contribution in [0.25, 0.3) is 0 Å². The van der Waals surface area contributed by atoms with Gasteiger partial charge >= 0.3 is 0 Å². The van der Waals surface area contributed by atoms with Gasteiger partial charge in [0.25, 0.3) is 10.0 Å². The monoisotopic (exact) mass is 554 g/mol. The summed E-state index contributed by atoms with van der Waals surface area (Å²) in [5.41, 5.74) is 8.27. The van der Waals surface area contributed by atoms with E-state index in [1.807, 2.05) is 13.0 Å². The van der Waals surface area contributed by atoms with Crippen LogP contribution in [0.5, 0.6) is 5.75 Å². The summed E-state index contributed by atoms with van der Waals surface area (Å²) < 4.78 is 34.8. The molecule has 2 aromatic carbocycles. The molecule has 0 spiro atoms. The fourth-order valence-corrected chi connectivity index (χ4v) is 4.64. The first kappa shape index (κ1) is 29.3. The van der Waals surface area contributed by atoms with Gasteiger partial charge in [-0.3, -0.25) is 9.52 Å². The highest BCUT2D eigenvalue weighted by atomic mass is 32.2. The number of sulfonamides is 1. The smallest absolute Gasteiger partial charge is 0.263 e. The van der Waals surface area contributed by atoms with E-state index in [0.29, 0.717) is 34.2 Å². The molecule has 1 heterocycles. The normalized spacial score (nSPS) is 17.1. The van der Waals surface area contributed by atoms with Gasteiger partial charge in [0, 0.05) is 17.4 Å². The molecule has 0 saturated heterocycles. The van der Waals surface area contributed by atoms with Crippen LogP contribution < -0.4 is 36.5 Å². The molecule has 11 nitrogen and oxygen atoms in total. The van der Waals surface area contributed by atoms with E-state index in [1.54, 1.807) is 43.3 Å². The lowest BCUT2D eigenvalue weighted by atomic mass is 10.1. The molecule has 0 aromatic heterocycles. The number of anilines is 2. The van der Waals surface area contributed by atoms with Gasteiger partial charge in [-0.1, -0.05) is 24.8 Å². The van der Waals surface area contributed by atoms with Gasteiger partial charge in [-0.15, -0.1) is 0 Å². The number of allylic oxidation sites excluding steroid dienone is 3. The van der Waals surface area contributed by atoms with Crippen LogP contribution in [-0.2, 0) is 14.8 Å². The molecular formula is C27H34N6O5S. The maximum absolute atomic E-state index is 13.4. The number of aliphatic hydroxyl groups is 1. The minimum atomic E-state index is -4.13. The average molecular weight is 555 g/mol. The lowest BCUT2D eigenvalue weighted by molar-refractivity contribution is -0.117. The summed E-state index contributed by atoms with van der Waals surface area (Å²) in [4.78, 5) is 11.9. The van der Waals surface area contributed by atoms with E-state index in [9.17, 15) is 18.3 Å². The van der Waals surface area contributed by atoms with Crippen molar-refractivity contribution in [2.45, 2.75) is 37.8 Å². The summed E-state index contributed by atoms with van der Waals surface area (Å²) >= 11 is 0. The van der Waals surface area contributed by atoms with Crippen LogP contribution in [0, 0.1) is 0 Å². The summed E-state index contributed by atoms with van der Waals surface area (Å²) in [7, 11) is -2.62. The summed E-state index contributed by atoms with van der Waals surface area (Å²) in [6.45, 7) is 8.71. The second-order valence-corrected chi connectivity index (χ2v) is 10.4. The van der Waals surface area contributed by atoms with Crippen LogP contribution >= 0.6 is 0 Å². The highest BCUT2D eigenvalue weighted by Crippen LogP contribution is 2.27. The number of amides is 1. The molecule has 3 rings (SSSR count). The SMILES string of the molecule is C=C/C=C1/NC(NS(=O)(=O)c2cccc(NC(=O)[C@H](C)N)c2)=C(Nc2cc(OC)cc(C(C)O)c2)N/C1=C/C. The van der Waals surface area contributed by atoms with Gasteiger partial charge in [-0.25, -0.2) is 8.42 Å². The largest absolute Gasteiger partial charge is 0.497 e. The van der Waals surface area contributed by atoms with Crippen LogP contribution in [0.1, 0.15) is 32.4 Å². The molecule has 0 saturated carbocycles. The zero-order valence-corrected chi connectivity index (χ0v) is 23.0. The molecule has 208 valence electrons. The molecule has 39 heavy (non-hydrogen) atoms. The molecule has 0 radical (unpaired) electrons. The number of hydrogen-bond donors (Lipinski definition) is 7. The predicted octanol–water partition coefficient (Wildman–Crippen LogP) is 2.72. The molecule has 2 atom stereocenters. The van der Waals surface area contributed by atoms with Gasteiger partial charge < -0.3 is 36.8 Å². The fraction of sp³-hybridized carbons (Fsp3) is 0.222. The Bertz CT molecular complexity index is 1440. The molecule has 1 aliphatic heterocycles. The zero-order valence-electron chi connectivity index (χ0n) is 22.2. The van der Waals surface area contributed by atoms with E-state index in [2.05, 4.69) is 32.6 Å². The Balaban J connectivity index is 2.04. The van der Waals surface area contributed by atoms with Crippen LogP contribution in [0.15, 0.2) is 95.2 Å². The number of hydrogen-bond acceptors (Lipinski definition) is 9. The maximum atomic E-state index is 13.4. The topological polar surface area (TPSA) is 167 Å². The standard InChI is InChI=1S/C27H34N6O5S/c1-6-9-24-23(7-2)31-25(29-20-12-18(17(4)34)13-21(14-20)38-5)26(32-24)33-39(36,37)22-11-8-10-19(15-22)30-27(35)16(3)28/h6-17,29,31-34H,1,28H2,2-5H3,(H,30,35)/b23-7+,24-9+/t16-,17?/m0/s1. The van der Waals surface area contributed by atoms with E-state index in [0.717, 1.165) is 0 Å². The van der Waals surface area contributed by atoms with Crippen LogP contribution in [0.4, 0.5) is 11.4 Å². The molecule has 8 N–H and O–H groups in total. The second-order valence-electron chi connectivity index (χ2n) is 8.73. The van der Waals surface area contributed by atoms with Crippen molar-refractivity contribution in [3.63, 3.8) is 0 Å². The lowest BCUT2D eigenvalue weighted by Gasteiger charge is -2.29. The molecule has 0 aliphatic carbocycles. The third-order valence-corrected chi connectivity index (χ3v) is 6.96. The second kappa shape index (κ2) is 12.5. The summed E-state index contributed by atoms with van der Waals surface area (Å²) in [5.74, 6) is 0.448. The number of nitrogens with one attached hydrogen (secondary N) is 5. The van der Waals surface area contributed by atoms with Crippen LogP contribution in [0.2, 0.25) is 0 Å². The molecule has 12 heteroatoms. The molecule has 1 aliphatic rings. The highest BCUT2D eigenvalue weighted by Gasteiger charge is 2.25. The Morgan fingerprint density at radius 3 is 2.44 bits per heavy atom. The Hall–Kier alpha value is -4.26. The highest BCUT2D eigenvalue weighted by molar-refractivity contribution is 7.89. The van der Waals surface area contributed by atoms with Crippen LogP contribution in [-0.4, -0.2) is 32.6 Å². The van der Waals surface area contributed by atoms with Crippen molar-refractivity contribution in [1.82, 2.24) is 15.4 Å². The van der Waals surface area contributed by atoms with Gasteiger partial charge in [0.15, 0.2) is 11.6 Å². The van der Waals surface area contributed by atoms with Crippen molar-refractivity contribution < 1.29 is 23.1 Å². The van der Waals surface area contributed by atoms with E-state index in [-0.39, 0.29) is 16.4 Å². The number of nitrogens with two attached hydrogens (primary N) is 1. The first-order valence-corrected chi connectivity index (χ1v) is 13.6. The predicted molar refractivity (Wildman–Crippen MR) is 152 cm³/mol. The third kappa shape index (κ3) is 7.41. The van der Waals surface area contributed by atoms with E-state index < -0.39 is 28.1 Å². The maximum Gasteiger partial charge on any atom is 0.263 e. The van der Waals surface area contributed by atoms with Crippen molar-refractivity contribution in [3.05, 3.63) is 95.9 Å². The molecular weight excluding hydrogens is 520 g/mol. The lowest BCUT2D eigenvalue weighted by Crippen LogP contribution is -2.42. The minimum absolute atomic E-state index is 0.0810.